The summed E-state index contributed by atoms with van der Waals surface area (Å²) in [4.78, 5) is 12.5. The molecule has 0 aliphatic carbocycles. The molecule has 0 bridgehead atoms. The SMILES string of the molecule is Cc1ccc(S(=O)(=O)N(CC(=O)N/N=C\c2cccc(F)c2)Cc2ccc(Cl)c(Cl)c2)cc1. The van der Waals surface area contributed by atoms with Crippen LogP contribution in [0.25, 0.3) is 0 Å². The fraction of sp³-hybridized carbons (Fsp3) is 0.130. The number of hydrazone groups is 1. The van der Waals surface area contributed by atoms with Crippen molar-refractivity contribution >= 4 is 45.3 Å². The Morgan fingerprint density at radius 2 is 1.79 bits per heavy atom. The zero-order valence-electron chi connectivity index (χ0n) is 17.5. The predicted molar refractivity (Wildman–Crippen MR) is 127 cm³/mol. The number of benzene rings is 3. The Bertz CT molecular complexity index is 1280. The maximum atomic E-state index is 13.3. The van der Waals surface area contributed by atoms with Crippen molar-refractivity contribution in [3.05, 3.63) is 99.3 Å². The van der Waals surface area contributed by atoms with Crippen molar-refractivity contribution < 1.29 is 17.6 Å². The van der Waals surface area contributed by atoms with Gasteiger partial charge in [-0.15, -0.1) is 0 Å². The molecule has 6 nitrogen and oxygen atoms in total. The summed E-state index contributed by atoms with van der Waals surface area (Å²) in [5.74, 6) is -1.11. The number of hydrogen-bond donors (Lipinski definition) is 1. The predicted octanol–water partition coefficient (Wildman–Crippen LogP) is 4.78. The zero-order chi connectivity index (χ0) is 24.0. The summed E-state index contributed by atoms with van der Waals surface area (Å²) in [6, 6.07) is 16.7. The average molecular weight is 508 g/mol. The lowest BCUT2D eigenvalue weighted by Gasteiger charge is -2.22. The molecule has 33 heavy (non-hydrogen) atoms. The molecule has 0 aromatic heterocycles. The van der Waals surface area contributed by atoms with Gasteiger partial charge in [-0.05, 0) is 54.4 Å². The molecule has 0 saturated carbocycles. The lowest BCUT2D eigenvalue weighted by Crippen LogP contribution is -2.39. The van der Waals surface area contributed by atoms with Crippen LogP contribution in [0.1, 0.15) is 16.7 Å². The molecule has 10 heteroatoms. The fourth-order valence-corrected chi connectivity index (χ4v) is 4.59. The van der Waals surface area contributed by atoms with Gasteiger partial charge in [-0.25, -0.2) is 18.2 Å². The van der Waals surface area contributed by atoms with Gasteiger partial charge in [-0.2, -0.15) is 9.41 Å². The van der Waals surface area contributed by atoms with Gasteiger partial charge in [-0.1, -0.05) is 59.1 Å². The monoisotopic (exact) mass is 507 g/mol. The molecule has 1 N–H and O–H groups in total. The number of aryl methyl sites for hydroxylation is 1. The number of nitrogens with one attached hydrogen (secondary N) is 1. The highest BCUT2D eigenvalue weighted by molar-refractivity contribution is 7.89. The van der Waals surface area contributed by atoms with E-state index >= 15 is 0 Å². The first-order valence-corrected chi connectivity index (χ1v) is 11.9. The highest BCUT2D eigenvalue weighted by Gasteiger charge is 2.27. The van der Waals surface area contributed by atoms with E-state index in [1.54, 1.807) is 36.4 Å². The molecule has 0 unspecified atom stereocenters. The summed E-state index contributed by atoms with van der Waals surface area (Å²) >= 11 is 12.0. The van der Waals surface area contributed by atoms with E-state index in [1.807, 2.05) is 6.92 Å². The summed E-state index contributed by atoms with van der Waals surface area (Å²) in [5, 5.41) is 4.38. The van der Waals surface area contributed by atoms with E-state index in [9.17, 15) is 17.6 Å². The highest BCUT2D eigenvalue weighted by Crippen LogP contribution is 2.25. The third-order valence-electron chi connectivity index (χ3n) is 4.57. The van der Waals surface area contributed by atoms with Crippen LogP contribution in [0.3, 0.4) is 0 Å². The molecule has 0 fully saturated rings. The second-order valence-electron chi connectivity index (χ2n) is 7.18. The molecule has 0 radical (unpaired) electrons. The maximum absolute atomic E-state index is 13.3. The smallest absolute Gasteiger partial charge is 0.255 e. The molecular formula is C23H20Cl2FN3O3S. The first-order chi connectivity index (χ1) is 15.6. The van der Waals surface area contributed by atoms with Crippen LogP contribution >= 0.6 is 23.2 Å². The number of carbonyl (C=O) groups is 1. The molecule has 3 aromatic carbocycles. The van der Waals surface area contributed by atoms with Crippen LogP contribution in [0, 0.1) is 12.7 Å². The molecule has 0 spiro atoms. The van der Waals surface area contributed by atoms with Gasteiger partial charge in [0.15, 0.2) is 0 Å². The van der Waals surface area contributed by atoms with E-state index in [4.69, 9.17) is 23.2 Å². The van der Waals surface area contributed by atoms with Crippen LogP contribution in [0.15, 0.2) is 76.7 Å². The van der Waals surface area contributed by atoms with Gasteiger partial charge in [0, 0.05) is 6.54 Å². The number of halogens is 3. The molecule has 0 aliphatic heterocycles. The molecule has 0 aliphatic rings. The van der Waals surface area contributed by atoms with E-state index in [1.165, 1.54) is 36.5 Å². The van der Waals surface area contributed by atoms with Gasteiger partial charge >= 0.3 is 0 Å². The summed E-state index contributed by atoms with van der Waals surface area (Å²) in [6.07, 6.45) is 1.26. The van der Waals surface area contributed by atoms with Crippen molar-refractivity contribution in [2.75, 3.05) is 6.54 Å². The van der Waals surface area contributed by atoms with Crippen LogP contribution in [-0.4, -0.2) is 31.4 Å². The topological polar surface area (TPSA) is 78.8 Å². The quantitative estimate of drug-likeness (QED) is 0.351. The molecule has 3 aromatic rings. The maximum Gasteiger partial charge on any atom is 0.255 e. The Balaban J connectivity index is 1.81. The van der Waals surface area contributed by atoms with Crippen LogP contribution in [-0.2, 0) is 21.4 Å². The molecular weight excluding hydrogens is 488 g/mol. The van der Waals surface area contributed by atoms with E-state index < -0.39 is 28.3 Å². The summed E-state index contributed by atoms with van der Waals surface area (Å²) in [5.41, 5.74) is 4.16. The zero-order valence-corrected chi connectivity index (χ0v) is 19.8. The number of sulfonamides is 1. The largest absolute Gasteiger partial charge is 0.272 e. The minimum atomic E-state index is -4.02. The Labute approximate surface area is 201 Å². The number of carbonyl (C=O) groups excluding carboxylic acids is 1. The van der Waals surface area contributed by atoms with Crippen LogP contribution in [0.4, 0.5) is 4.39 Å². The molecule has 0 saturated heterocycles. The van der Waals surface area contributed by atoms with Crippen molar-refractivity contribution in [2.45, 2.75) is 18.4 Å². The van der Waals surface area contributed by atoms with Gasteiger partial charge in [-0.3, -0.25) is 4.79 Å². The van der Waals surface area contributed by atoms with Crippen LogP contribution < -0.4 is 5.43 Å². The van der Waals surface area contributed by atoms with E-state index in [-0.39, 0.29) is 16.5 Å². The standard InChI is InChI=1S/C23H20Cl2FN3O3S/c1-16-5-8-20(9-6-16)33(31,32)29(14-18-7-10-21(24)22(25)12-18)15-23(30)28-27-13-17-3-2-4-19(26)11-17/h2-13H,14-15H2,1H3,(H,28,30)/b27-13-. The van der Waals surface area contributed by atoms with Crippen LogP contribution in [0.2, 0.25) is 10.0 Å². The lowest BCUT2D eigenvalue weighted by atomic mass is 10.2. The Hall–Kier alpha value is -2.78. The first-order valence-electron chi connectivity index (χ1n) is 9.73. The van der Waals surface area contributed by atoms with Crippen LogP contribution in [0.5, 0.6) is 0 Å². The van der Waals surface area contributed by atoms with Crippen molar-refractivity contribution in [1.82, 2.24) is 9.73 Å². The van der Waals surface area contributed by atoms with Gasteiger partial charge < -0.3 is 0 Å². The van der Waals surface area contributed by atoms with Crippen molar-refractivity contribution in [3.63, 3.8) is 0 Å². The minimum Gasteiger partial charge on any atom is -0.272 e. The summed E-state index contributed by atoms with van der Waals surface area (Å²) in [6.45, 7) is 1.22. The van der Waals surface area contributed by atoms with Gasteiger partial charge in [0.1, 0.15) is 5.82 Å². The van der Waals surface area contributed by atoms with Crippen molar-refractivity contribution in [2.24, 2.45) is 5.10 Å². The van der Waals surface area contributed by atoms with E-state index in [0.717, 1.165) is 9.87 Å². The second kappa shape index (κ2) is 10.9. The first kappa shape index (κ1) is 24.9. The van der Waals surface area contributed by atoms with E-state index in [0.29, 0.717) is 16.1 Å². The normalized spacial score (nSPS) is 11.8. The highest BCUT2D eigenvalue weighted by atomic mass is 35.5. The second-order valence-corrected chi connectivity index (χ2v) is 9.94. The Morgan fingerprint density at radius 1 is 1.06 bits per heavy atom. The number of rotatable bonds is 8. The van der Waals surface area contributed by atoms with Crippen molar-refractivity contribution in [3.8, 4) is 0 Å². The summed E-state index contributed by atoms with van der Waals surface area (Å²) < 4.78 is 40.8. The molecule has 1 amide bonds. The van der Waals surface area contributed by atoms with Crippen molar-refractivity contribution in [1.29, 1.82) is 0 Å². The lowest BCUT2D eigenvalue weighted by molar-refractivity contribution is -0.121. The summed E-state index contributed by atoms with van der Waals surface area (Å²) in [7, 11) is -4.02. The molecule has 172 valence electrons. The Kier molecular flexibility index (Phi) is 8.20. The fourth-order valence-electron chi connectivity index (χ4n) is 2.89. The molecule has 3 rings (SSSR count). The third-order valence-corrected chi connectivity index (χ3v) is 7.12. The van der Waals surface area contributed by atoms with Gasteiger partial charge in [0.25, 0.3) is 5.91 Å². The van der Waals surface area contributed by atoms with E-state index in [2.05, 4.69) is 10.5 Å². The van der Waals surface area contributed by atoms with Gasteiger partial charge in [0.05, 0.1) is 27.7 Å². The molecule has 0 heterocycles. The number of hydrogen-bond acceptors (Lipinski definition) is 4. The average Bonchev–Trinajstić information content (AvgIpc) is 2.76. The Morgan fingerprint density at radius 3 is 2.45 bits per heavy atom. The minimum absolute atomic E-state index is 0.0456. The number of nitrogens with zero attached hydrogens (tertiary/aromatic N) is 2. The van der Waals surface area contributed by atoms with Gasteiger partial charge in [0.2, 0.25) is 10.0 Å². The third kappa shape index (κ3) is 6.85. The number of amides is 1. The molecule has 0 atom stereocenters.